The second-order valence-corrected chi connectivity index (χ2v) is 11.6. The molecule has 0 aliphatic carbocycles. The van der Waals surface area contributed by atoms with Gasteiger partial charge in [0.1, 0.15) is 91.6 Å². The van der Waals surface area contributed by atoms with Crippen molar-refractivity contribution >= 4 is 0 Å². The Morgan fingerprint density at radius 1 is 0.370 bits per heavy atom. The van der Waals surface area contributed by atoms with Crippen LogP contribution < -0.4 is 0 Å². The molecule has 5 aliphatic heterocycles. The van der Waals surface area contributed by atoms with Gasteiger partial charge < -0.3 is 104 Å². The van der Waals surface area contributed by atoms with E-state index >= 15 is 0 Å². The normalized spacial score (nSPS) is 52.7. The summed E-state index contributed by atoms with van der Waals surface area (Å²) in [5.74, 6) is 0. The molecule has 21 nitrogen and oxygen atoms in total. The fraction of sp³-hybridized carbons (Fsp3) is 1.00. The first kappa shape index (κ1) is 36.4. The highest BCUT2D eigenvalue weighted by atomic mass is 16.8. The third-order valence-electron chi connectivity index (χ3n) is 8.53. The molecule has 0 aromatic rings. The monoisotopic (exact) mass is 678 g/mol. The fourth-order valence-electron chi connectivity index (χ4n) is 5.81. The molecule has 0 amide bonds. The average Bonchev–Trinajstić information content (AvgIpc) is 3.76. The molecule has 0 spiro atoms. The quantitative estimate of drug-likeness (QED) is 0.0860. The summed E-state index contributed by atoms with van der Waals surface area (Å²) in [5.41, 5.74) is 0. The van der Waals surface area contributed by atoms with Gasteiger partial charge in [0.05, 0.1) is 33.0 Å². The highest BCUT2D eigenvalue weighted by Gasteiger charge is 2.54. The van der Waals surface area contributed by atoms with Crippen molar-refractivity contribution in [2.45, 2.75) is 123 Å². The lowest BCUT2D eigenvalue weighted by atomic mass is 10.1. The van der Waals surface area contributed by atoms with Crippen molar-refractivity contribution in [1.29, 1.82) is 0 Å². The minimum absolute atomic E-state index is 0.478. The summed E-state index contributed by atoms with van der Waals surface area (Å²) in [6.07, 6.45) is -29.2. The lowest BCUT2D eigenvalue weighted by molar-refractivity contribution is -0.229. The molecule has 5 rings (SSSR count). The molecule has 0 saturated carbocycles. The lowest BCUT2D eigenvalue weighted by Crippen LogP contribution is -2.45. The second kappa shape index (κ2) is 15.4. The third kappa shape index (κ3) is 7.21. The van der Waals surface area contributed by atoms with Crippen LogP contribution in [0, 0.1) is 0 Å². The van der Waals surface area contributed by atoms with E-state index in [4.69, 9.17) is 42.6 Å². The molecule has 21 heteroatoms. The van der Waals surface area contributed by atoms with Gasteiger partial charge in [-0.15, -0.1) is 0 Å². The Kier molecular flexibility index (Phi) is 12.2. The molecule has 46 heavy (non-hydrogen) atoms. The number of rotatable bonds is 13. The van der Waals surface area contributed by atoms with Crippen LogP contribution in [-0.2, 0) is 42.6 Å². The van der Waals surface area contributed by atoms with Crippen molar-refractivity contribution in [1.82, 2.24) is 0 Å². The van der Waals surface area contributed by atoms with E-state index in [9.17, 15) is 61.3 Å². The van der Waals surface area contributed by atoms with E-state index in [2.05, 4.69) is 0 Å². The van der Waals surface area contributed by atoms with Crippen molar-refractivity contribution in [2.24, 2.45) is 0 Å². The maximum absolute atomic E-state index is 11.0. The number of aliphatic hydroxyl groups is 12. The predicted octanol–water partition coefficient (Wildman–Crippen LogP) is -8.73. The van der Waals surface area contributed by atoms with Gasteiger partial charge in [-0.05, 0) is 0 Å². The first-order valence-corrected chi connectivity index (χ1v) is 14.7. The molecular formula is C25H42O21. The van der Waals surface area contributed by atoms with Gasteiger partial charge in [-0.2, -0.15) is 0 Å². The Morgan fingerprint density at radius 2 is 0.761 bits per heavy atom. The third-order valence-corrected chi connectivity index (χ3v) is 8.53. The summed E-state index contributed by atoms with van der Waals surface area (Å²) >= 11 is 0. The zero-order valence-corrected chi connectivity index (χ0v) is 24.1. The van der Waals surface area contributed by atoms with E-state index in [1.54, 1.807) is 0 Å². The molecule has 5 heterocycles. The van der Waals surface area contributed by atoms with Crippen LogP contribution in [0.1, 0.15) is 0 Å². The maximum atomic E-state index is 11.0. The molecule has 268 valence electrons. The Balaban J connectivity index is 1.23. The molecule has 0 aromatic heterocycles. The summed E-state index contributed by atoms with van der Waals surface area (Å²) < 4.78 is 49.4. The minimum Gasteiger partial charge on any atom is -0.394 e. The second-order valence-electron chi connectivity index (χ2n) is 11.6. The van der Waals surface area contributed by atoms with E-state index in [0.29, 0.717) is 0 Å². The van der Waals surface area contributed by atoms with Gasteiger partial charge in [-0.1, -0.05) is 0 Å². The first-order valence-electron chi connectivity index (χ1n) is 14.7. The molecule has 0 aromatic carbocycles. The summed E-state index contributed by atoms with van der Waals surface area (Å²) in [6.45, 7) is -2.96. The van der Waals surface area contributed by atoms with E-state index < -0.39 is 156 Å². The highest BCUT2D eigenvalue weighted by Crippen LogP contribution is 2.34. The van der Waals surface area contributed by atoms with Gasteiger partial charge in [0, 0.05) is 0 Å². The van der Waals surface area contributed by atoms with E-state index in [0.717, 1.165) is 0 Å². The summed E-state index contributed by atoms with van der Waals surface area (Å²) in [6, 6.07) is 0. The number of aliphatic hydroxyl groups excluding tert-OH is 12. The number of hydrogen-bond donors (Lipinski definition) is 12. The summed E-state index contributed by atoms with van der Waals surface area (Å²) in [7, 11) is 0. The van der Waals surface area contributed by atoms with Crippen molar-refractivity contribution in [2.75, 3.05) is 33.0 Å². The van der Waals surface area contributed by atoms with Gasteiger partial charge in [0.15, 0.2) is 31.5 Å². The number of ether oxygens (including phenoxy) is 9. The Labute approximate surface area is 260 Å². The molecule has 5 aliphatic rings. The smallest absolute Gasteiger partial charge is 0.187 e. The molecule has 12 N–H and O–H groups in total. The number of hydrogen-bond acceptors (Lipinski definition) is 21. The zero-order chi connectivity index (χ0) is 33.4. The van der Waals surface area contributed by atoms with Crippen LogP contribution in [0.4, 0.5) is 0 Å². The van der Waals surface area contributed by atoms with Crippen LogP contribution in [0.25, 0.3) is 0 Å². The van der Waals surface area contributed by atoms with Gasteiger partial charge in [0.25, 0.3) is 0 Å². The lowest BCUT2D eigenvalue weighted by Gasteiger charge is -2.27. The maximum Gasteiger partial charge on any atom is 0.187 e. The van der Waals surface area contributed by atoms with Gasteiger partial charge >= 0.3 is 0 Å². The van der Waals surface area contributed by atoms with Crippen LogP contribution in [-0.4, -0.2) is 217 Å². The standard InChI is InChI=1S/C25H42O21/c26-1-6-11(29)15(33)24(41-6)45-19-8(3-28)43-22(17(19)35)39-5-10-20(46-25-16(34)12(30)7(2-27)42-25)18(36)23(44-10)38-4-9-13(31)14(32)21(37)40-9/h6-37H,1-5H2/t6-,7-,8-,9-,10-,11-,12-,13-,14+,15+,16+,17+,18+,19-,20-,21+,22+,23+,24-,25-/m1/s1. The summed E-state index contributed by atoms with van der Waals surface area (Å²) in [4.78, 5) is 0. The van der Waals surface area contributed by atoms with Gasteiger partial charge in [-0.3, -0.25) is 0 Å². The molecular weight excluding hydrogens is 636 g/mol. The fourth-order valence-corrected chi connectivity index (χ4v) is 5.81. The van der Waals surface area contributed by atoms with Crippen molar-refractivity contribution in [3.8, 4) is 0 Å². The zero-order valence-electron chi connectivity index (χ0n) is 24.1. The predicted molar refractivity (Wildman–Crippen MR) is 136 cm³/mol. The van der Waals surface area contributed by atoms with Crippen LogP contribution >= 0.6 is 0 Å². The largest absolute Gasteiger partial charge is 0.394 e. The van der Waals surface area contributed by atoms with Crippen LogP contribution in [0.5, 0.6) is 0 Å². The average molecular weight is 679 g/mol. The van der Waals surface area contributed by atoms with Gasteiger partial charge in [-0.25, -0.2) is 0 Å². The Hall–Kier alpha value is -0.840. The summed E-state index contributed by atoms with van der Waals surface area (Å²) in [5, 5.41) is 120. The Bertz CT molecular complexity index is 965. The van der Waals surface area contributed by atoms with Crippen LogP contribution in [0.3, 0.4) is 0 Å². The first-order chi connectivity index (χ1) is 21.9. The van der Waals surface area contributed by atoms with E-state index in [-0.39, 0.29) is 0 Å². The molecule has 0 radical (unpaired) electrons. The van der Waals surface area contributed by atoms with Crippen molar-refractivity contribution in [3.63, 3.8) is 0 Å². The Morgan fingerprint density at radius 3 is 1.17 bits per heavy atom. The SMILES string of the molecule is OC[C@H]1O[C@H](O[C@H]2[C@H](O)[C@@H](OC[C@H]3O[C@H](OC[C@H]4O[C@H](O)[C@@H](O)[C@@H]4O)[C@@H](O)[C@@H]3O[C@H]3O[C@H](CO)[C@@H](O)[C@@H]3O)O[C@@H]2CO)[C@@H](O)[C@@H]1O. The molecule has 5 fully saturated rings. The molecule has 20 atom stereocenters. The highest BCUT2D eigenvalue weighted by molar-refractivity contribution is 4.95. The molecule has 0 bridgehead atoms. The van der Waals surface area contributed by atoms with Crippen molar-refractivity contribution in [3.05, 3.63) is 0 Å². The molecule has 0 unspecified atom stereocenters. The van der Waals surface area contributed by atoms with Crippen molar-refractivity contribution < 1.29 is 104 Å². The van der Waals surface area contributed by atoms with Crippen LogP contribution in [0.2, 0.25) is 0 Å². The minimum atomic E-state index is -1.68. The van der Waals surface area contributed by atoms with E-state index in [1.165, 1.54) is 0 Å². The van der Waals surface area contributed by atoms with E-state index in [1.807, 2.05) is 0 Å². The van der Waals surface area contributed by atoms with Gasteiger partial charge in [0.2, 0.25) is 0 Å². The van der Waals surface area contributed by atoms with Crippen LogP contribution in [0.15, 0.2) is 0 Å². The molecule has 5 saturated heterocycles. The topological polar surface area (TPSA) is 326 Å².